The second-order valence-corrected chi connectivity index (χ2v) is 3.66. The summed E-state index contributed by atoms with van der Waals surface area (Å²) in [5.74, 6) is -1.01. The highest BCUT2D eigenvalue weighted by atomic mass is 19.1. The van der Waals surface area contributed by atoms with Gasteiger partial charge in [-0.15, -0.1) is 0 Å². The number of rotatable bonds is 3. The monoisotopic (exact) mass is 211 g/mol. The van der Waals surface area contributed by atoms with Crippen molar-refractivity contribution in [2.24, 2.45) is 5.73 Å². The molecule has 1 aromatic carbocycles. The zero-order valence-corrected chi connectivity index (χ0v) is 8.93. The van der Waals surface area contributed by atoms with Crippen LogP contribution in [-0.4, -0.2) is 6.54 Å². The predicted octanol–water partition coefficient (Wildman–Crippen LogP) is 3.06. The van der Waals surface area contributed by atoms with Crippen LogP contribution in [-0.2, 0) is 0 Å². The molecule has 1 nitrogen and oxygen atoms in total. The second-order valence-electron chi connectivity index (χ2n) is 3.66. The maximum atomic E-state index is 13.8. The topological polar surface area (TPSA) is 26.0 Å². The van der Waals surface area contributed by atoms with Crippen molar-refractivity contribution in [3.8, 4) is 0 Å². The molecule has 3 heteroatoms. The molecule has 0 bridgehead atoms. The Balaban J connectivity index is 3.24. The van der Waals surface area contributed by atoms with Crippen LogP contribution in [0.25, 0.3) is 6.08 Å². The van der Waals surface area contributed by atoms with E-state index in [1.165, 1.54) is 24.3 Å². The van der Waals surface area contributed by atoms with Gasteiger partial charge in [0.1, 0.15) is 11.6 Å². The van der Waals surface area contributed by atoms with Crippen LogP contribution < -0.4 is 5.73 Å². The molecule has 0 amide bonds. The van der Waals surface area contributed by atoms with Crippen LogP contribution in [0.15, 0.2) is 18.2 Å². The Bertz CT molecular complexity index is 370. The Kier molecular flexibility index (Phi) is 3.97. The first-order chi connectivity index (χ1) is 7.07. The summed E-state index contributed by atoms with van der Waals surface area (Å²) in [5, 5.41) is 0. The summed E-state index contributed by atoms with van der Waals surface area (Å²) < 4.78 is 27.1. The summed E-state index contributed by atoms with van der Waals surface area (Å²) in [6, 6.07) is 2.77. The van der Waals surface area contributed by atoms with Crippen LogP contribution in [0.5, 0.6) is 0 Å². The molecule has 0 radical (unpaired) electrons. The molecule has 1 rings (SSSR count). The van der Waals surface area contributed by atoms with E-state index in [2.05, 4.69) is 0 Å². The minimum absolute atomic E-state index is 0.00773. The molecule has 0 aliphatic heterocycles. The van der Waals surface area contributed by atoms with Crippen molar-refractivity contribution in [3.63, 3.8) is 0 Å². The quantitative estimate of drug-likeness (QED) is 0.817. The van der Waals surface area contributed by atoms with Crippen molar-refractivity contribution in [1.29, 1.82) is 0 Å². The van der Waals surface area contributed by atoms with Gasteiger partial charge in [0, 0.05) is 12.1 Å². The first-order valence-corrected chi connectivity index (χ1v) is 4.92. The zero-order chi connectivity index (χ0) is 11.4. The SMILES string of the molecule is CC(C)c1ccc(F)c(/C=C/CN)c1F. The van der Waals surface area contributed by atoms with Crippen molar-refractivity contribution < 1.29 is 8.78 Å². The van der Waals surface area contributed by atoms with Gasteiger partial charge in [-0.3, -0.25) is 0 Å². The predicted molar refractivity (Wildman–Crippen MR) is 58.5 cm³/mol. The molecule has 0 unspecified atom stereocenters. The number of benzene rings is 1. The van der Waals surface area contributed by atoms with E-state index < -0.39 is 11.6 Å². The Labute approximate surface area is 88.6 Å². The molecule has 0 aromatic heterocycles. The third kappa shape index (κ3) is 2.63. The lowest BCUT2D eigenvalue weighted by molar-refractivity contribution is 0.560. The second kappa shape index (κ2) is 5.03. The molecule has 0 fully saturated rings. The Morgan fingerprint density at radius 2 is 2.00 bits per heavy atom. The summed E-state index contributed by atoms with van der Waals surface area (Å²) in [6.45, 7) is 4.00. The van der Waals surface area contributed by atoms with Crippen LogP contribution in [0.4, 0.5) is 8.78 Å². The van der Waals surface area contributed by atoms with Crippen LogP contribution in [0.2, 0.25) is 0 Å². The largest absolute Gasteiger partial charge is 0.327 e. The average molecular weight is 211 g/mol. The normalized spacial score (nSPS) is 11.6. The van der Waals surface area contributed by atoms with Crippen molar-refractivity contribution in [1.82, 2.24) is 0 Å². The fourth-order valence-corrected chi connectivity index (χ4v) is 1.37. The van der Waals surface area contributed by atoms with Crippen molar-refractivity contribution in [3.05, 3.63) is 41.0 Å². The zero-order valence-electron chi connectivity index (χ0n) is 8.93. The van der Waals surface area contributed by atoms with Gasteiger partial charge in [-0.2, -0.15) is 0 Å². The highest BCUT2D eigenvalue weighted by molar-refractivity contribution is 5.53. The molecule has 0 spiro atoms. The minimum atomic E-state index is -0.554. The van der Waals surface area contributed by atoms with E-state index in [4.69, 9.17) is 5.73 Å². The highest BCUT2D eigenvalue weighted by Gasteiger charge is 2.13. The summed E-state index contributed by atoms with van der Waals surface area (Å²) in [6.07, 6.45) is 2.92. The van der Waals surface area contributed by atoms with E-state index in [0.29, 0.717) is 5.56 Å². The van der Waals surface area contributed by atoms with E-state index in [0.717, 1.165) is 0 Å². The maximum absolute atomic E-state index is 13.8. The van der Waals surface area contributed by atoms with E-state index >= 15 is 0 Å². The van der Waals surface area contributed by atoms with E-state index in [1.54, 1.807) is 0 Å². The summed E-state index contributed by atoms with van der Waals surface area (Å²) >= 11 is 0. The molecule has 1 aromatic rings. The van der Waals surface area contributed by atoms with Gasteiger partial charge in [0.15, 0.2) is 0 Å². The lowest BCUT2D eigenvalue weighted by Crippen LogP contribution is -1.99. The van der Waals surface area contributed by atoms with Gasteiger partial charge in [0.2, 0.25) is 0 Å². The van der Waals surface area contributed by atoms with Gasteiger partial charge in [-0.1, -0.05) is 32.1 Å². The first kappa shape index (κ1) is 11.9. The number of nitrogens with two attached hydrogens (primary N) is 1. The summed E-state index contributed by atoms with van der Waals surface area (Å²) in [5.41, 5.74) is 5.76. The van der Waals surface area contributed by atoms with Crippen molar-refractivity contribution in [2.75, 3.05) is 6.54 Å². The van der Waals surface area contributed by atoms with Crippen LogP contribution >= 0.6 is 0 Å². The van der Waals surface area contributed by atoms with E-state index in [-0.39, 0.29) is 18.0 Å². The van der Waals surface area contributed by atoms with Gasteiger partial charge in [-0.25, -0.2) is 8.78 Å². The molecule has 0 aliphatic rings. The van der Waals surface area contributed by atoms with Crippen molar-refractivity contribution in [2.45, 2.75) is 19.8 Å². The van der Waals surface area contributed by atoms with Crippen LogP contribution in [0.3, 0.4) is 0 Å². The smallest absolute Gasteiger partial charge is 0.136 e. The van der Waals surface area contributed by atoms with E-state index in [1.807, 2.05) is 13.8 Å². The number of hydrogen-bond donors (Lipinski definition) is 1. The molecule has 0 heterocycles. The Morgan fingerprint density at radius 1 is 1.33 bits per heavy atom. The molecule has 0 saturated heterocycles. The minimum Gasteiger partial charge on any atom is -0.327 e. The number of hydrogen-bond acceptors (Lipinski definition) is 1. The molecule has 0 aliphatic carbocycles. The molecular weight excluding hydrogens is 196 g/mol. The van der Waals surface area contributed by atoms with Crippen molar-refractivity contribution >= 4 is 6.08 Å². The lowest BCUT2D eigenvalue weighted by Gasteiger charge is -2.09. The molecule has 82 valence electrons. The standard InChI is InChI=1S/C12H15F2N/c1-8(2)9-5-6-11(13)10(12(9)14)4-3-7-15/h3-6,8H,7,15H2,1-2H3/b4-3+. The molecular formula is C12H15F2N. The summed E-state index contributed by atoms with van der Waals surface area (Å²) in [4.78, 5) is 0. The van der Waals surface area contributed by atoms with Gasteiger partial charge in [-0.05, 0) is 17.5 Å². The van der Waals surface area contributed by atoms with Gasteiger partial charge in [0.05, 0.1) is 0 Å². The fraction of sp³-hybridized carbons (Fsp3) is 0.333. The van der Waals surface area contributed by atoms with Crippen LogP contribution in [0.1, 0.15) is 30.9 Å². The Hall–Kier alpha value is -1.22. The average Bonchev–Trinajstić information content (AvgIpc) is 2.17. The lowest BCUT2D eigenvalue weighted by atomic mass is 9.99. The molecule has 0 atom stereocenters. The molecule has 0 saturated carbocycles. The maximum Gasteiger partial charge on any atom is 0.136 e. The van der Waals surface area contributed by atoms with Crippen LogP contribution in [0, 0.1) is 11.6 Å². The van der Waals surface area contributed by atoms with Gasteiger partial charge < -0.3 is 5.73 Å². The fourth-order valence-electron chi connectivity index (χ4n) is 1.37. The van der Waals surface area contributed by atoms with E-state index in [9.17, 15) is 8.78 Å². The van der Waals surface area contributed by atoms with Gasteiger partial charge in [0.25, 0.3) is 0 Å². The first-order valence-electron chi connectivity index (χ1n) is 4.92. The molecule has 15 heavy (non-hydrogen) atoms. The molecule has 2 N–H and O–H groups in total. The van der Waals surface area contributed by atoms with Gasteiger partial charge >= 0.3 is 0 Å². The Morgan fingerprint density at radius 3 is 2.53 bits per heavy atom. The highest BCUT2D eigenvalue weighted by Crippen LogP contribution is 2.24. The number of halogens is 2. The summed E-state index contributed by atoms with van der Waals surface area (Å²) in [7, 11) is 0. The third-order valence-corrected chi connectivity index (χ3v) is 2.20. The third-order valence-electron chi connectivity index (χ3n) is 2.20.